The molecule has 2 amide bonds. The van der Waals surface area contributed by atoms with Crippen molar-refractivity contribution in [2.24, 2.45) is 5.73 Å². The number of halogens is 2. The molecule has 3 aromatic rings. The molecule has 0 radical (unpaired) electrons. The molecule has 178 valence electrons. The predicted molar refractivity (Wildman–Crippen MR) is 121 cm³/mol. The summed E-state index contributed by atoms with van der Waals surface area (Å²) in [4.78, 5) is 44.8. The van der Waals surface area contributed by atoms with E-state index in [-0.39, 0.29) is 27.9 Å². The van der Waals surface area contributed by atoms with Crippen molar-refractivity contribution in [3.05, 3.63) is 63.3 Å². The molecule has 0 saturated carbocycles. The number of anilines is 1. The number of aromatic nitrogens is 3. The Hall–Kier alpha value is -3.53. The fraction of sp³-hybridized carbons (Fsp3) is 0.348. The average Bonchev–Trinajstić information content (AvgIpc) is 3.35. The van der Waals surface area contributed by atoms with Crippen molar-refractivity contribution in [1.29, 1.82) is 0 Å². The minimum Gasteiger partial charge on any atom is -0.366 e. The largest absolute Gasteiger partial charge is 0.366 e. The van der Waals surface area contributed by atoms with Gasteiger partial charge in [0.2, 0.25) is 5.89 Å². The second kappa shape index (κ2) is 9.02. The first-order chi connectivity index (χ1) is 16.1. The highest BCUT2D eigenvalue weighted by atomic mass is 35.5. The first-order valence-corrected chi connectivity index (χ1v) is 11.1. The number of aryl methyl sites for hydroxylation is 1. The van der Waals surface area contributed by atoms with Gasteiger partial charge in [-0.3, -0.25) is 19.3 Å². The van der Waals surface area contributed by atoms with E-state index in [9.17, 15) is 18.8 Å². The fourth-order valence-corrected chi connectivity index (χ4v) is 4.63. The zero-order valence-electron chi connectivity index (χ0n) is 18.9. The number of primary amides is 1. The third-order valence-corrected chi connectivity index (χ3v) is 6.29. The number of Topliss-reactive ketones (excluding diaryl/α,β-unsaturated/α-hetero) is 1. The van der Waals surface area contributed by atoms with Gasteiger partial charge >= 0.3 is 5.91 Å². The van der Waals surface area contributed by atoms with Gasteiger partial charge in [-0.05, 0) is 63.8 Å². The lowest BCUT2D eigenvalue weighted by atomic mass is 10.0. The van der Waals surface area contributed by atoms with Crippen LogP contribution >= 0.6 is 11.6 Å². The van der Waals surface area contributed by atoms with Crippen molar-refractivity contribution in [2.75, 3.05) is 4.90 Å². The van der Waals surface area contributed by atoms with E-state index in [1.54, 1.807) is 25.3 Å². The van der Waals surface area contributed by atoms with Crippen LogP contribution in [0.25, 0.3) is 0 Å². The van der Waals surface area contributed by atoms with Gasteiger partial charge in [-0.15, -0.1) is 0 Å². The standard InChI is InChI=1S/C23H23ClFN5O4/c1-11-18(21(26)32)17-6-4-5-9-29(17)19(11)20(31)23(33)30(12(2)22-27-13(3)28-34-22)14-7-8-16(25)15(24)10-14/h7-8,10,12H,4-6,9H2,1-3H3,(H2,26,32)/t12-/m1/s1. The maximum absolute atomic E-state index is 13.8. The summed E-state index contributed by atoms with van der Waals surface area (Å²) >= 11 is 5.97. The third kappa shape index (κ3) is 3.98. The van der Waals surface area contributed by atoms with E-state index in [4.69, 9.17) is 21.9 Å². The van der Waals surface area contributed by atoms with Gasteiger partial charge in [-0.1, -0.05) is 16.8 Å². The van der Waals surface area contributed by atoms with Crippen LogP contribution in [0.4, 0.5) is 10.1 Å². The lowest BCUT2D eigenvalue weighted by Crippen LogP contribution is -2.40. The first kappa shape index (κ1) is 23.6. The Labute approximate surface area is 199 Å². The van der Waals surface area contributed by atoms with Gasteiger partial charge in [-0.25, -0.2) is 4.39 Å². The van der Waals surface area contributed by atoms with E-state index < -0.39 is 29.5 Å². The number of hydrogen-bond acceptors (Lipinski definition) is 6. The van der Waals surface area contributed by atoms with Crippen LogP contribution in [0.1, 0.15) is 69.6 Å². The third-order valence-electron chi connectivity index (χ3n) is 6.00. The van der Waals surface area contributed by atoms with Crippen LogP contribution in [-0.2, 0) is 17.8 Å². The van der Waals surface area contributed by atoms with Crippen LogP contribution in [0.2, 0.25) is 5.02 Å². The van der Waals surface area contributed by atoms with Gasteiger partial charge in [0.1, 0.15) is 11.9 Å². The van der Waals surface area contributed by atoms with Crippen molar-refractivity contribution in [3.8, 4) is 0 Å². The number of nitrogens with two attached hydrogens (primary N) is 1. The number of rotatable bonds is 6. The summed E-state index contributed by atoms with van der Waals surface area (Å²) in [5, 5.41) is 3.53. The molecule has 0 saturated heterocycles. The Kier molecular flexibility index (Phi) is 6.26. The monoisotopic (exact) mass is 487 g/mol. The van der Waals surface area contributed by atoms with Crippen molar-refractivity contribution in [2.45, 2.75) is 52.6 Å². The number of benzene rings is 1. The summed E-state index contributed by atoms with van der Waals surface area (Å²) in [6, 6.07) is 2.81. The molecule has 0 fully saturated rings. The molecule has 1 aliphatic rings. The number of hydrogen-bond donors (Lipinski definition) is 1. The average molecular weight is 488 g/mol. The van der Waals surface area contributed by atoms with Gasteiger partial charge in [-0.2, -0.15) is 4.98 Å². The maximum atomic E-state index is 13.8. The van der Waals surface area contributed by atoms with E-state index in [0.29, 0.717) is 30.0 Å². The highest BCUT2D eigenvalue weighted by Gasteiger charge is 2.37. The molecular formula is C23H23ClFN5O4. The number of ketones is 1. The van der Waals surface area contributed by atoms with E-state index in [0.717, 1.165) is 23.8 Å². The summed E-state index contributed by atoms with van der Waals surface area (Å²) in [6.07, 6.45) is 2.22. The molecule has 11 heteroatoms. The fourth-order valence-electron chi connectivity index (χ4n) is 4.45. The molecule has 1 atom stereocenters. The van der Waals surface area contributed by atoms with Gasteiger partial charge in [0, 0.05) is 17.9 Å². The zero-order valence-corrected chi connectivity index (χ0v) is 19.6. The molecular weight excluding hydrogens is 465 g/mol. The van der Waals surface area contributed by atoms with E-state index >= 15 is 0 Å². The summed E-state index contributed by atoms with van der Waals surface area (Å²) in [5.41, 5.74) is 7.17. The Morgan fingerprint density at radius 2 is 2.00 bits per heavy atom. The highest BCUT2D eigenvalue weighted by Crippen LogP contribution is 2.33. The van der Waals surface area contributed by atoms with Gasteiger partial charge in [0.15, 0.2) is 5.82 Å². The second-order valence-corrected chi connectivity index (χ2v) is 8.63. The molecule has 3 heterocycles. The number of carbonyl (C=O) groups is 3. The van der Waals surface area contributed by atoms with Gasteiger partial charge in [0.05, 0.1) is 16.3 Å². The smallest absolute Gasteiger partial charge is 0.301 e. The Morgan fingerprint density at radius 1 is 1.26 bits per heavy atom. The van der Waals surface area contributed by atoms with E-state index in [1.807, 2.05) is 0 Å². The van der Waals surface area contributed by atoms with E-state index in [2.05, 4.69) is 10.1 Å². The van der Waals surface area contributed by atoms with Crippen molar-refractivity contribution >= 4 is 34.9 Å². The van der Waals surface area contributed by atoms with Crippen molar-refractivity contribution < 1.29 is 23.3 Å². The van der Waals surface area contributed by atoms with Crippen LogP contribution in [0.3, 0.4) is 0 Å². The van der Waals surface area contributed by atoms with Crippen LogP contribution in [0.5, 0.6) is 0 Å². The molecule has 1 aliphatic heterocycles. The minimum absolute atomic E-state index is 0.0887. The minimum atomic E-state index is -0.920. The SMILES string of the molecule is Cc1noc([C@@H](C)N(C(=O)C(=O)c2c(C)c(C(N)=O)c3n2CCCC3)c2ccc(F)c(Cl)c2)n1. The molecule has 2 N–H and O–H groups in total. The summed E-state index contributed by atoms with van der Waals surface area (Å²) in [7, 11) is 0. The van der Waals surface area contributed by atoms with Crippen LogP contribution in [0.15, 0.2) is 22.7 Å². The summed E-state index contributed by atoms with van der Waals surface area (Å²) < 4.78 is 20.8. The van der Waals surface area contributed by atoms with Crippen LogP contribution < -0.4 is 10.6 Å². The predicted octanol–water partition coefficient (Wildman–Crippen LogP) is 3.69. The molecule has 0 bridgehead atoms. The molecule has 0 spiro atoms. The van der Waals surface area contributed by atoms with Gasteiger partial charge < -0.3 is 14.8 Å². The maximum Gasteiger partial charge on any atom is 0.301 e. The Bertz CT molecular complexity index is 1310. The molecule has 1 aromatic carbocycles. The molecule has 34 heavy (non-hydrogen) atoms. The topological polar surface area (TPSA) is 124 Å². The molecule has 2 aromatic heterocycles. The van der Waals surface area contributed by atoms with Crippen LogP contribution in [-0.4, -0.2) is 32.3 Å². The quantitative estimate of drug-likeness (QED) is 0.417. The number of nitrogens with zero attached hydrogens (tertiary/aromatic N) is 4. The second-order valence-electron chi connectivity index (χ2n) is 8.23. The zero-order chi connectivity index (χ0) is 24.7. The summed E-state index contributed by atoms with van der Waals surface area (Å²) in [5.74, 6) is -2.64. The molecule has 0 unspecified atom stereocenters. The van der Waals surface area contributed by atoms with Crippen molar-refractivity contribution in [3.63, 3.8) is 0 Å². The Morgan fingerprint density at radius 3 is 2.62 bits per heavy atom. The number of fused-ring (bicyclic) bond motifs is 1. The number of amides is 2. The Balaban J connectivity index is 1.83. The lowest BCUT2D eigenvalue weighted by Gasteiger charge is -2.27. The highest BCUT2D eigenvalue weighted by molar-refractivity contribution is 6.47. The lowest BCUT2D eigenvalue weighted by molar-refractivity contribution is -0.115. The molecule has 4 rings (SSSR count). The molecule has 0 aliphatic carbocycles. The normalized spacial score (nSPS) is 13.9. The first-order valence-electron chi connectivity index (χ1n) is 10.8. The van der Waals surface area contributed by atoms with E-state index in [1.165, 1.54) is 12.1 Å². The van der Waals surface area contributed by atoms with Crippen molar-refractivity contribution in [1.82, 2.24) is 14.7 Å². The van der Waals surface area contributed by atoms with Crippen LogP contribution in [0, 0.1) is 19.7 Å². The van der Waals surface area contributed by atoms with Gasteiger partial charge in [0.25, 0.3) is 11.7 Å². The summed E-state index contributed by atoms with van der Waals surface area (Å²) in [6.45, 7) is 5.31. The molecule has 9 nitrogen and oxygen atoms in total. The number of carbonyl (C=O) groups excluding carboxylic acids is 3.